The highest BCUT2D eigenvalue weighted by molar-refractivity contribution is 7.99. The molecule has 3 N–H and O–H groups in total. The minimum Gasteiger partial charge on any atom is -0.339 e. The summed E-state index contributed by atoms with van der Waals surface area (Å²) in [6, 6.07) is 1.84. The van der Waals surface area contributed by atoms with E-state index >= 15 is 0 Å². The normalized spacial score (nSPS) is 16.5. The van der Waals surface area contributed by atoms with Gasteiger partial charge in [0.15, 0.2) is 0 Å². The van der Waals surface area contributed by atoms with Gasteiger partial charge in [-0.1, -0.05) is 0 Å². The molecule has 1 aromatic heterocycles. The lowest BCUT2D eigenvalue weighted by Gasteiger charge is -2.26. The Balaban J connectivity index is 2.22. The molecule has 1 aliphatic rings. The highest BCUT2D eigenvalue weighted by atomic mass is 32.2. The number of nitrogens with one attached hydrogen (secondary N) is 1. The van der Waals surface area contributed by atoms with E-state index in [1.54, 1.807) is 0 Å². The van der Waals surface area contributed by atoms with Gasteiger partial charge in [0.25, 0.3) is 0 Å². The first-order valence-corrected chi connectivity index (χ1v) is 6.10. The quantitative estimate of drug-likeness (QED) is 0.568. The van der Waals surface area contributed by atoms with Crippen LogP contribution in [0.1, 0.15) is 5.69 Å². The number of nitrogens with two attached hydrogens (primary N) is 1. The number of rotatable bonds is 2. The Morgan fingerprint density at radius 2 is 2.13 bits per heavy atom. The van der Waals surface area contributed by atoms with Crippen molar-refractivity contribution >= 4 is 23.5 Å². The van der Waals surface area contributed by atoms with Gasteiger partial charge in [0.2, 0.25) is 5.95 Å². The Bertz CT molecular complexity index is 337. The lowest BCUT2D eigenvalue weighted by Crippen LogP contribution is -2.34. The number of thioether (sulfide) groups is 1. The van der Waals surface area contributed by atoms with Crippen LogP contribution in [0.5, 0.6) is 0 Å². The first-order chi connectivity index (χ1) is 7.29. The first kappa shape index (κ1) is 10.5. The average Bonchev–Trinajstić information content (AvgIpc) is 2.29. The molecule has 0 spiro atoms. The number of hydrogen-bond acceptors (Lipinski definition) is 6. The van der Waals surface area contributed by atoms with Crippen molar-refractivity contribution in [2.75, 3.05) is 34.9 Å². The Kier molecular flexibility index (Phi) is 3.27. The predicted molar refractivity (Wildman–Crippen MR) is 64.1 cm³/mol. The number of hydrazine groups is 1. The van der Waals surface area contributed by atoms with Crippen molar-refractivity contribution in [3.8, 4) is 0 Å². The molecule has 1 aromatic rings. The zero-order chi connectivity index (χ0) is 10.7. The fourth-order valence-electron chi connectivity index (χ4n) is 1.53. The summed E-state index contributed by atoms with van der Waals surface area (Å²) < 4.78 is 0. The minimum absolute atomic E-state index is 0.677. The third kappa shape index (κ3) is 2.51. The molecule has 1 fully saturated rings. The van der Waals surface area contributed by atoms with Crippen LogP contribution in [0.3, 0.4) is 0 Å². The summed E-state index contributed by atoms with van der Waals surface area (Å²) in [5.74, 6) is 9.09. The molecule has 82 valence electrons. The van der Waals surface area contributed by atoms with Gasteiger partial charge in [-0.25, -0.2) is 10.8 Å². The average molecular weight is 225 g/mol. The molecule has 0 radical (unpaired) electrons. The molecular weight excluding hydrogens is 210 g/mol. The van der Waals surface area contributed by atoms with Crippen LogP contribution in [0.2, 0.25) is 0 Å². The summed E-state index contributed by atoms with van der Waals surface area (Å²) in [7, 11) is 0. The van der Waals surface area contributed by atoms with Crippen molar-refractivity contribution < 1.29 is 0 Å². The van der Waals surface area contributed by atoms with Crippen molar-refractivity contribution in [3.63, 3.8) is 0 Å². The molecule has 15 heavy (non-hydrogen) atoms. The Morgan fingerprint density at radius 3 is 2.80 bits per heavy atom. The van der Waals surface area contributed by atoms with Gasteiger partial charge in [0.1, 0.15) is 5.82 Å². The number of hydrogen-bond donors (Lipinski definition) is 2. The van der Waals surface area contributed by atoms with E-state index in [0.29, 0.717) is 5.82 Å². The molecule has 5 nitrogen and oxygen atoms in total. The molecule has 0 saturated carbocycles. The number of aromatic nitrogens is 2. The molecule has 6 heteroatoms. The molecule has 0 bridgehead atoms. The monoisotopic (exact) mass is 225 g/mol. The first-order valence-electron chi connectivity index (χ1n) is 4.94. The van der Waals surface area contributed by atoms with E-state index in [2.05, 4.69) is 20.3 Å². The van der Waals surface area contributed by atoms with Gasteiger partial charge in [-0.2, -0.15) is 16.7 Å². The molecule has 0 aliphatic carbocycles. The van der Waals surface area contributed by atoms with E-state index < -0.39 is 0 Å². The maximum atomic E-state index is 5.35. The van der Waals surface area contributed by atoms with Crippen molar-refractivity contribution in [3.05, 3.63) is 11.8 Å². The topological polar surface area (TPSA) is 67.1 Å². The Morgan fingerprint density at radius 1 is 1.40 bits per heavy atom. The molecule has 2 rings (SSSR count). The highest BCUT2D eigenvalue weighted by Gasteiger charge is 2.14. The molecule has 0 aromatic carbocycles. The van der Waals surface area contributed by atoms with E-state index in [1.807, 2.05) is 24.8 Å². The Labute approximate surface area is 93.4 Å². The minimum atomic E-state index is 0.677. The van der Waals surface area contributed by atoms with Crippen LogP contribution in [0.15, 0.2) is 6.07 Å². The molecule has 0 unspecified atom stereocenters. The van der Waals surface area contributed by atoms with Crippen molar-refractivity contribution in [1.29, 1.82) is 0 Å². The summed E-state index contributed by atoms with van der Waals surface area (Å²) in [5, 5.41) is 0. The molecule has 0 atom stereocenters. The van der Waals surface area contributed by atoms with E-state index in [9.17, 15) is 0 Å². The summed E-state index contributed by atoms with van der Waals surface area (Å²) in [6.07, 6.45) is 0. The second-order valence-electron chi connectivity index (χ2n) is 3.44. The molecule has 1 aliphatic heterocycles. The van der Waals surface area contributed by atoms with Crippen LogP contribution in [0, 0.1) is 6.92 Å². The Hall–Kier alpha value is -1.01. The number of aryl methyl sites for hydroxylation is 1. The van der Waals surface area contributed by atoms with Gasteiger partial charge in [0, 0.05) is 36.4 Å². The van der Waals surface area contributed by atoms with Crippen molar-refractivity contribution in [2.24, 2.45) is 5.84 Å². The van der Waals surface area contributed by atoms with E-state index in [1.165, 1.54) is 0 Å². The van der Waals surface area contributed by atoms with E-state index in [0.717, 1.165) is 36.2 Å². The van der Waals surface area contributed by atoms with Gasteiger partial charge in [-0.3, -0.25) is 0 Å². The van der Waals surface area contributed by atoms with Crippen LogP contribution in [-0.2, 0) is 0 Å². The second-order valence-corrected chi connectivity index (χ2v) is 4.66. The summed E-state index contributed by atoms with van der Waals surface area (Å²) in [6.45, 7) is 3.97. The third-order valence-corrected chi connectivity index (χ3v) is 3.23. The third-order valence-electron chi connectivity index (χ3n) is 2.28. The largest absolute Gasteiger partial charge is 0.339 e. The summed E-state index contributed by atoms with van der Waals surface area (Å²) >= 11 is 1.97. The fourth-order valence-corrected chi connectivity index (χ4v) is 2.43. The van der Waals surface area contributed by atoms with Crippen molar-refractivity contribution in [2.45, 2.75) is 6.92 Å². The van der Waals surface area contributed by atoms with Gasteiger partial charge < -0.3 is 10.3 Å². The number of anilines is 2. The maximum Gasteiger partial charge on any atom is 0.227 e. The highest BCUT2D eigenvalue weighted by Crippen LogP contribution is 2.17. The zero-order valence-corrected chi connectivity index (χ0v) is 9.55. The van der Waals surface area contributed by atoms with Gasteiger partial charge in [0.05, 0.1) is 0 Å². The summed E-state index contributed by atoms with van der Waals surface area (Å²) in [4.78, 5) is 11.0. The second kappa shape index (κ2) is 4.67. The molecule has 2 heterocycles. The smallest absolute Gasteiger partial charge is 0.227 e. The van der Waals surface area contributed by atoms with Crippen LogP contribution >= 0.6 is 11.8 Å². The van der Waals surface area contributed by atoms with Crippen LogP contribution in [0.25, 0.3) is 0 Å². The maximum absolute atomic E-state index is 5.35. The zero-order valence-electron chi connectivity index (χ0n) is 8.73. The van der Waals surface area contributed by atoms with Gasteiger partial charge in [-0.05, 0) is 6.92 Å². The predicted octanol–water partition coefficient (Wildman–Crippen LogP) is 0.624. The van der Waals surface area contributed by atoms with Crippen molar-refractivity contribution in [1.82, 2.24) is 9.97 Å². The molecule has 0 amide bonds. The molecule has 1 saturated heterocycles. The van der Waals surface area contributed by atoms with Crippen LogP contribution in [-0.4, -0.2) is 34.6 Å². The fraction of sp³-hybridized carbons (Fsp3) is 0.556. The van der Waals surface area contributed by atoms with Gasteiger partial charge >= 0.3 is 0 Å². The number of nitrogen functional groups attached to an aromatic ring is 1. The summed E-state index contributed by atoms with van der Waals surface area (Å²) in [5.41, 5.74) is 3.50. The van der Waals surface area contributed by atoms with E-state index in [-0.39, 0.29) is 0 Å². The SMILES string of the molecule is Cc1cc(NN)nc(N2CCSCC2)n1. The van der Waals surface area contributed by atoms with E-state index in [4.69, 9.17) is 5.84 Å². The van der Waals surface area contributed by atoms with Crippen LogP contribution in [0.4, 0.5) is 11.8 Å². The molecular formula is C9H15N5S. The van der Waals surface area contributed by atoms with Gasteiger partial charge in [-0.15, -0.1) is 0 Å². The standard InChI is InChI=1S/C9H15N5S/c1-7-6-8(13-10)12-9(11-7)14-2-4-15-5-3-14/h6H,2-5,10H2,1H3,(H,11,12,13). The number of nitrogens with zero attached hydrogens (tertiary/aromatic N) is 3. The van der Waals surface area contributed by atoms with Crippen LogP contribution < -0.4 is 16.2 Å². The lowest BCUT2D eigenvalue weighted by atomic mass is 10.4. The lowest BCUT2D eigenvalue weighted by molar-refractivity contribution is 0.811.